The van der Waals surface area contributed by atoms with Gasteiger partial charge in [0.05, 0.1) is 5.69 Å². The van der Waals surface area contributed by atoms with Gasteiger partial charge in [-0.2, -0.15) is 5.10 Å². The summed E-state index contributed by atoms with van der Waals surface area (Å²) in [5, 5.41) is 8.72. The van der Waals surface area contributed by atoms with Gasteiger partial charge < -0.3 is 5.32 Å². The molecule has 0 aliphatic heterocycles. The molecule has 0 fully saturated rings. The van der Waals surface area contributed by atoms with Crippen molar-refractivity contribution in [2.24, 2.45) is 7.05 Å². The van der Waals surface area contributed by atoms with Gasteiger partial charge in [0.25, 0.3) is 0 Å². The molecule has 0 aromatic carbocycles. The van der Waals surface area contributed by atoms with Gasteiger partial charge >= 0.3 is 0 Å². The summed E-state index contributed by atoms with van der Waals surface area (Å²) in [6.07, 6.45) is 0. The van der Waals surface area contributed by atoms with Crippen molar-refractivity contribution in [1.82, 2.24) is 14.8 Å². The lowest BCUT2D eigenvalue weighted by atomic mass is 10.00. The van der Waals surface area contributed by atoms with Crippen LogP contribution in [0.1, 0.15) is 31.0 Å². The number of aryl methyl sites for hydroxylation is 2. The van der Waals surface area contributed by atoms with E-state index < -0.39 is 0 Å². The Morgan fingerprint density at radius 1 is 1.38 bits per heavy atom. The van der Waals surface area contributed by atoms with E-state index in [0.717, 1.165) is 17.2 Å². The summed E-state index contributed by atoms with van der Waals surface area (Å²) >= 11 is 0. The molecule has 0 aliphatic rings. The number of rotatable bonds is 2. The van der Waals surface area contributed by atoms with Gasteiger partial charge in [-0.05, 0) is 24.5 Å². The van der Waals surface area contributed by atoms with Crippen molar-refractivity contribution >= 4 is 16.9 Å². The number of fused-ring (bicyclic) bond motifs is 1. The molecule has 0 bridgehead atoms. The van der Waals surface area contributed by atoms with Crippen LogP contribution in [0.3, 0.4) is 0 Å². The maximum absolute atomic E-state index is 4.55. The Labute approximate surface area is 95.7 Å². The van der Waals surface area contributed by atoms with Gasteiger partial charge in [0.1, 0.15) is 5.82 Å². The van der Waals surface area contributed by atoms with Gasteiger partial charge in [-0.3, -0.25) is 4.68 Å². The minimum Gasteiger partial charge on any atom is -0.373 e. The molecular formula is C12H18N4. The van der Waals surface area contributed by atoms with Crippen molar-refractivity contribution in [2.45, 2.75) is 26.7 Å². The maximum atomic E-state index is 4.55. The molecule has 16 heavy (non-hydrogen) atoms. The number of hydrogen-bond donors (Lipinski definition) is 1. The van der Waals surface area contributed by atoms with E-state index in [2.05, 4.69) is 35.3 Å². The first-order chi connectivity index (χ1) is 7.54. The van der Waals surface area contributed by atoms with Crippen molar-refractivity contribution in [3.05, 3.63) is 17.3 Å². The van der Waals surface area contributed by atoms with Crippen LogP contribution in [-0.4, -0.2) is 21.8 Å². The second-order valence-corrected chi connectivity index (χ2v) is 4.41. The normalized spacial score (nSPS) is 11.4. The highest BCUT2D eigenvalue weighted by Gasteiger charge is 2.14. The summed E-state index contributed by atoms with van der Waals surface area (Å²) < 4.78 is 1.84. The van der Waals surface area contributed by atoms with Crippen LogP contribution in [0.25, 0.3) is 11.0 Å². The standard InChI is InChI=1S/C12H18N4/c1-7(2)9-6-10(13-4)14-12-11(9)8(3)15-16(12)5/h6-7H,1-5H3,(H,13,14). The van der Waals surface area contributed by atoms with Crippen LogP contribution in [0, 0.1) is 6.92 Å². The Morgan fingerprint density at radius 2 is 2.06 bits per heavy atom. The monoisotopic (exact) mass is 218 g/mol. The molecule has 0 radical (unpaired) electrons. The van der Waals surface area contributed by atoms with Crippen LogP contribution in [0.5, 0.6) is 0 Å². The highest BCUT2D eigenvalue weighted by Crippen LogP contribution is 2.28. The lowest BCUT2D eigenvalue weighted by Crippen LogP contribution is -1.99. The highest BCUT2D eigenvalue weighted by molar-refractivity contribution is 5.84. The fourth-order valence-corrected chi connectivity index (χ4v) is 2.06. The maximum Gasteiger partial charge on any atom is 0.160 e. The van der Waals surface area contributed by atoms with E-state index >= 15 is 0 Å². The topological polar surface area (TPSA) is 42.7 Å². The number of pyridine rings is 1. The molecule has 1 N–H and O–H groups in total. The van der Waals surface area contributed by atoms with Gasteiger partial charge in [0.15, 0.2) is 5.65 Å². The lowest BCUT2D eigenvalue weighted by molar-refractivity contribution is 0.774. The van der Waals surface area contributed by atoms with Crippen LogP contribution in [0.15, 0.2) is 6.07 Å². The van der Waals surface area contributed by atoms with Crippen molar-refractivity contribution in [3.63, 3.8) is 0 Å². The molecule has 4 nitrogen and oxygen atoms in total. The molecule has 0 aliphatic carbocycles. The summed E-state index contributed by atoms with van der Waals surface area (Å²) in [7, 11) is 3.83. The Kier molecular flexibility index (Phi) is 2.58. The fourth-order valence-electron chi connectivity index (χ4n) is 2.06. The van der Waals surface area contributed by atoms with Crippen LogP contribution >= 0.6 is 0 Å². The number of nitrogens with zero attached hydrogens (tertiary/aromatic N) is 3. The van der Waals surface area contributed by atoms with E-state index in [1.165, 1.54) is 10.9 Å². The lowest BCUT2D eigenvalue weighted by Gasteiger charge is -2.10. The zero-order valence-corrected chi connectivity index (χ0v) is 10.5. The summed E-state index contributed by atoms with van der Waals surface area (Å²) in [5.74, 6) is 1.37. The molecule has 0 amide bonds. The van der Waals surface area contributed by atoms with E-state index in [9.17, 15) is 0 Å². The predicted molar refractivity (Wildman–Crippen MR) is 66.9 cm³/mol. The zero-order chi connectivity index (χ0) is 11.9. The average Bonchev–Trinajstić information content (AvgIpc) is 2.53. The SMILES string of the molecule is CNc1cc(C(C)C)c2c(C)nn(C)c2n1. The number of aromatic nitrogens is 3. The third kappa shape index (κ3) is 1.54. The van der Waals surface area contributed by atoms with Crippen molar-refractivity contribution in [1.29, 1.82) is 0 Å². The Bertz CT molecular complexity index is 525. The Morgan fingerprint density at radius 3 is 2.62 bits per heavy atom. The van der Waals surface area contributed by atoms with E-state index in [1.807, 2.05) is 25.7 Å². The molecular weight excluding hydrogens is 200 g/mol. The first-order valence-corrected chi connectivity index (χ1v) is 5.56. The van der Waals surface area contributed by atoms with Crippen LogP contribution in [0.2, 0.25) is 0 Å². The van der Waals surface area contributed by atoms with Gasteiger partial charge in [-0.25, -0.2) is 4.98 Å². The van der Waals surface area contributed by atoms with E-state index in [-0.39, 0.29) is 0 Å². The highest BCUT2D eigenvalue weighted by atomic mass is 15.3. The first kappa shape index (κ1) is 10.9. The molecule has 0 unspecified atom stereocenters. The van der Waals surface area contributed by atoms with Gasteiger partial charge in [-0.1, -0.05) is 13.8 Å². The Hall–Kier alpha value is -1.58. The summed E-state index contributed by atoms with van der Waals surface area (Å²) in [4.78, 5) is 4.55. The van der Waals surface area contributed by atoms with E-state index in [0.29, 0.717) is 5.92 Å². The minimum absolute atomic E-state index is 0.473. The van der Waals surface area contributed by atoms with Crippen LogP contribution in [0.4, 0.5) is 5.82 Å². The van der Waals surface area contributed by atoms with Gasteiger partial charge in [0, 0.05) is 19.5 Å². The predicted octanol–water partition coefficient (Wildman–Crippen LogP) is 2.44. The van der Waals surface area contributed by atoms with Crippen LogP contribution in [-0.2, 0) is 7.05 Å². The molecule has 0 atom stereocenters. The molecule has 2 aromatic heterocycles. The second-order valence-electron chi connectivity index (χ2n) is 4.41. The number of anilines is 1. The van der Waals surface area contributed by atoms with Gasteiger partial charge in [0.2, 0.25) is 0 Å². The number of nitrogens with one attached hydrogen (secondary N) is 1. The third-order valence-electron chi connectivity index (χ3n) is 2.88. The Balaban J connectivity index is 2.84. The molecule has 2 rings (SSSR count). The van der Waals surface area contributed by atoms with Crippen molar-refractivity contribution in [2.75, 3.05) is 12.4 Å². The zero-order valence-electron chi connectivity index (χ0n) is 10.5. The molecule has 0 saturated heterocycles. The third-order valence-corrected chi connectivity index (χ3v) is 2.88. The summed E-state index contributed by atoms with van der Waals surface area (Å²) in [6.45, 7) is 6.43. The van der Waals surface area contributed by atoms with E-state index in [1.54, 1.807) is 0 Å². The largest absolute Gasteiger partial charge is 0.373 e. The average molecular weight is 218 g/mol. The van der Waals surface area contributed by atoms with Crippen LogP contribution < -0.4 is 5.32 Å². The molecule has 2 heterocycles. The summed E-state index contributed by atoms with van der Waals surface area (Å²) in [6, 6.07) is 2.11. The van der Waals surface area contributed by atoms with Crippen molar-refractivity contribution in [3.8, 4) is 0 Å². The minimum atomic E-state index is 0.473. The number of hydrogen-bond acceptors (Lipinski definition) is 3. The molecule has 4 heteroatoms. The van der Waals surface area contributed by atoms with Crippen molar-refractivity contribution < 1.29 is 0 Å². The molecule has 2 aromatic rings. The molecule has 86 valence electrons. The second kappa shape index (κ2) is 3.77. The first-order valence-electron chi connectivity index (χ1n) is 5.56. The molecule has 0 spiro atoms. The van der Waals surface area contributed by atoms with E-state index in [4.69, 9.17) is 0 Å². The quantitative estimate of drug-likeness (QED) is 0.842. The summed E-state index contributed by atoms with van der Waals surface area (Å²) in [5.41, 5.74) is 3.31. The fraction of sp³-hybridized carbons (Fsp3) is 0.500. The molecule has 0 saturated carbocycles. The van der Waals surface area contributed by atoms with Gasteiger partial charge in [-0.15, -0.1) is 0 Å². The smallest absolute Gasteiger partial charge is 0.160 e.